The van der Waals surface area contributed by atoms with Gasteiger partial charge in [-0.1, -0.05) is 0 Å². The molecule has 2 rings (SSSR count). The number of aromatic nitrogens is 4. The lowest BCUT2D eigenvalue weighted by molar-refractivity contribution is 0.579. The van der Waals surface area contributed by atoms with Crippen molar-refractivity contribution in [3.05, 3.63) is 42.0 Å². The summed E-state index contributed by atoms with van der Waals surface area (Å²) in [6, 6.07) is 1.61. The van der Waals surface area contributed by atoms with Crippen LogP contribution in [0.15, 0.2) is 35.9 Å². The first-order valence-electron chi connectivity index (χ1n) is 4.80. The Kier molecular flexibility index (Phi) is 3.80. The Morgan fingerprint density at radius 1 is 1.22 bits per heavy atom. The van der Waals surface area contributed by atoms with E-state index in [9.17, 15) is 8.42 Å². The molecule has 0 bridgehead atoms. The molecule has 0 aliphatic heterocycles. The lowest BCUT2D eigenvalue weighted by atomic mass is 10.4. The normalized spacial score (nSPS) is 11.4. The van der Waals surface area contributed by atoms with Crippen molar-refractivity contribution in [1.29, 1.82) is 0 Å². The summed E-state index contributed by atoms with van der Waals surface area (Å²) in [4.78, 5) is 14.8. The number of nitrogens with one attached hydrogen (secondary N) is 1. The van der Waals surface area contributed by atoms with Crippen LogP contribution in [0.25, 0.3) is 0 Å². The number of sulfonamides is 1. The molecule has 7 nitrogen and oxygen atoms in total. The van der Waals surface area contributed by atoms with Gasteiger partial charge in [-0.25, -0.2) is 33.1 Å². The zero-order valence-electron chi connectivity index (χ0n) is 8.99. The summed E-state index contributed by atoms with van der Waals surface area (Å²) in [5, 5.41) is -0.00949. The van der Waals surface area contributed by atoms with E-state index in [1.54, 1.807) is 6.07 Å². The van der Waals surface area contributed by atoms with Crippen LogP contribution in [0.4, 0.5) is 0 Å². The molecule has 0 spiro atoms. The summed E-state index contributed by atoms with van der Waals surface area (Å²) in [5.74, 6) is 0. The smallest absolute Gasteiger partial charge is 0.243 e. The Hall–Kier alpha value is -1.64. The number of hydrogen-bond donors (Lipinski definition) is 1. The van der Waals surface area contributed by atoms with Crippen molar-refractivity contribution < 1.29 is 8.42 Å². The van der Waals surface area contributed by atoms with E-state index in [0.29, 0.717) is 5.69 Å². The second-order valence-electron chi connectivity index (χ2n) is 3.21. The summed E-state index contributed by atoms with van der Waals surface area (Å²) in [5.41, 5.74) is 0.559. The fourth-order valence-electron chi connectivity index (χ4n) is 1.11. The Labute approximate surface area is 108 Å². The summed E-state index contributed by atoms with van der Waals surface area (Å²) in [6.45, 7) is 0.0630. The van der Waals surface area contributed by atoms with Crippen LogP contribution >= 0.6 is 11.6 Å². The third kappa shape index (κ3) is 3.19. The van der Waals surface area contributed by atoms with E-state index in [1.807, 2.05) is 0 Å². The first-order chi connectivity index (χ1) is 8.58. The third-order valence-electron chi connectivity index (χ3n) is 1.99. The molecule has 18 heavy (non-hydrogen) atoms. The minimum Gasteiger partial charge on any atom is -0.245 e. The SMILES string of the molecule is O=S(=O)(NCc1ccncn1)c1cnc(Cl)nc1. The van der Waals surface area contributed by atoms with E-state index in [1.165, 1.54) is 12.5 Å². The highest BCUT2D eigenvalue weighted by Gasteiger charge is 2.14. The Bertz CT molecular complexity index is 617. The van der Waals surface area contributed by atoms with Gasteiger partial charge < -0.3 is 0 Å². The summed E-state index contributed by atoms with van der Waals surface area (Å²) in [6.07, 6.45) is 5.15. The first-order valence-corrected chi connectivity index (χ1v) is 6.66. The average Bonchev–Trinajstić information content (AvgIpc) is 2.38. The first kappa shape index (κ1) is 12.8. The van der Waals surface area contributed by atoms with Gasteiger partial charge in [0.25, 0.3) is 0 Å². The quantitative estimate of drug-likeness (QED) is 0.817. The van der Waals surface area contributed by atoms with Crippen LogP contribution in [0.5, 0.6) is 0 Å². The summed E-state index contributed by atoms with van der Waals surface area (Å²) < 4.78 is 26.0. The third-order valence-corrected chi connectivity index (χ3v) is 3.54. The Morgan fingerprint density at radius 3 is 2.56 bits per heavy atom. The van der Waals surface area contributed by atoms with Crippen molar-refractivity contribution in [2.75, 3.05) is 0 Å². The molecule has 0 fully saturated rings. The monoisotopic (exact) mass is 285 g/mol. The van der Waals surface area contributed by atoms with Gasteiger partial charge in [0.15, 0.2) is 0 Å². The highest BCUT2D eigenvalue weighted by Crippen LogP contribution is 2.07. The molecule has 0 aliphatic carbocycles. The van der Waals surface area contributed by atoms with E-state index in [4.69, 9.17) is 11.6 Å². The minimum atomic E-state index is -3.67. The van der Waals surface area contributed by atoms with E-state index in [-0.39, 0.29) is 16.7 Å². The lowest BCUT2D eigenvalue weighted by Crippen LogP contribution is -2.24. The highest BCUT2D eigenvalue weighted by molar-refractivity contribution is 7.89. The molecule has 0 saturated carbocycles. The van der Waals surface area contributed by atoms with Gasteiger partial charge in [0, 0.05) is 6.20 Å². The molecular formula is C9H8ClN5O2S. The van der Waals surface area contributed by atoms with E-state index in [2.05, 4.69) is 24.7 Å². The molecule has 0 saturated heterocycles. The van der Waals surface area contributed by atoms with Crippen molar-refractivity contribution in [3.63, 3.8) is 0 Å². The fourth-order valence-corrected chi connectivity index (χ4v) is 2.10. The topological polar surface area (TPSA) is 97.7 Å². The van der Waals surface area contributed by atoms with Crippen molar-refractivity contribution in [1.82, 2.24) is 24.7 Å². The average molecular weight is 286 g/mol. The van der Waals surface area contributed by atoms with Crippen LogP contribution in [0.2, 0.25) is 5.28 Å². The number of nitrogens with zero attached hydrogens (tertiary/aromatic N) is 4. The predicted octanol–water partition coefficient (Wildman–Crippen LogP) is 0.398. The van der Waals surface area contributed by atoms with Crippen LogP contribution in [0.3, 0.4) is 0 Å². The van der Waals surface area contributed by atoms with Gasteiger partial charge in [-0.2, -0.15) is 0 Å². The van der Waals surface area contributed by atoms with Crippen molar-refractivity contribution in [3.8, 4) is 0 Å². The minimum absolute atomic E-state index is 0.00949. The zero-order valence-corrected chi connectivity index (χ0v) is 10.6. The Balaban J connectivity index is 2.11. The van der Waals surface area contributed by atoms with Crippen LogP contribution in [-0.2, 0) is 16.6 Å². The van der Waals surface area contributed by atoms with Crippen molar-refractivity contribution in [2.24, 2.45) is 0 Å². The van der Waals surface area contributed by atoms with Crippen LogP contribution < -0.4 is 4.72 Å². The second kappa shape index (κ2) is 5.34. The van der Waals surface area contributed by atoms with E-state index < -0.39 is 10.0 Å². The van der Waals surface area contributed by atoms with Gasteiger partial charge in [0.2, 0.25) is 15.3 Å². The maximum atomic E-state index is 11.8. The molecular weight excluding hydrogens is 278 g/mol. The standard InChI is InChI=1S/C9H8ClN5O2S/c10-9-12-4-8(5-13-9)18(16,17)15-3-7-1-2-11-6-14-7/h1-2,4-6,15H,3H2. The molecule has 0 aromatic carbocycles. The van der Waals surface area contributed by atoms with Gasteiger partial charge in [0.05, 0.1) is 24.6 Å². The molecule has 0 aliphatic rings. The van der Waals surface area contributed by atoms with E-state index in [0.717, 1.165) is 12.4 Å². The maximum absolute atomic E-state index is 11.8. The zero-order chi connectivity index (χ0) is 13.0. The maximum Gasteiger partial charge on any atom is 0.243 e. The van der Waals surface area contributed by atoms with Crippen LogP contribution in [0.1, 0.15) is 5.69 Å². The molecule has 1 N–H and O–H groups in total. The highest BCUT2D eigenvalue weighted by atomic mass is 35.5. The van der Waals surface area contributed by atoms with Crippen molar-refractivity contribution >= 4 is 21.6 Å². The molecule has 0 amide bonds. The second-order valence-corrected chi connectivity index (χ2v) is 5.32. The number of halogens is 1. The summed E-state index contributed by atoms with van der Waals surface area (Å²) >= 11 is 5.48. The molecule has 2 heterocycles. The van der Waals surface area contributed by atoms with Gasteiger partial charge in [-0.3, -0.25) is 0 Å². The molecule has 9 heteroatoms. The molecule has 2 aromatic rings. The number of rotatable bonds is 4. The molecule has 0 radical (unpaired) electrons. The van der Waals surface area contributed by atoms with Crippen LogP contribution in [-0.4, -0.2) is 28.4 Å². The van der Waals surface area contributed by atoms with Gasteiger partial charge in [-0.05, 0) is 17.7 Å². The molecule has 2 aromatic heterocycles. The number of hydrogen-bond acceptors (Lipinski definition) is 6. The molecule has 0 unspecified atom stereocenters. The predicted molar refractivity (Wildman–Crippen MR) is 63.1 cm³/mol. The fraction of sp³-hybridized carbons (Fsp3) is 0.111. The molecule has 0 atom stereocenters. The van der Waals surface area contributed by atoms with Crippen molar-refractivity contribution in [2.45, 2.75) is 11.4 Å². The summed E-state index contributed by atoms with van der Waals surface area (Å²) in [7, 11) is -3.67. The van der Waals surface area contributed by atoms with Gasteiger partial charge in [-0.15, -0.1) is 0 Å². The van der Waals surface area contributed by atoms with Crippen LogP contribution in [0, 0.1) is 0 Å². The Morgan fingerprint density at radius 2 is 1.94 bits per heavy atom. The molecule has 94 valence electrons. The van der Waals surface area contributed by atoms with E-state index >= 15 is 0 Å². The lowest BCUT2D eigenvalue weighted by Gasteiger charge is -2.05. The largest absolute Gasteiger partial charge is 0.245 e. The van der Waals surface area contributed by atoms with Gasteiger partial charge in [0.1, 0.15) is 11.2 Å². The van der Waals surface area contributed by atoms with Gasteiger partial charge >= 0.3 is 0 Å².